The zero-order chi connectivity index (χ0) is 20.7. The fourth-order valence-corrected chi connectivity index (χ4v) is 3.79. The Morgan fingerprint density at radius 3 is 2.30 bits per heavy atom. The van der Waals surface area contributed by atoms with Gasteiger partial charge in [-0.05, 0) is 35.4 Å². The van der Waals surface area contributed by atoms with E-state index in [4.69, 9.17) is 4.98 Å². The van der Waals surface area contributed by atoms with E-state index in [1.165, 1.54) is 0 Å². The Balaban J connectivity index is 1.68. The molecule has 0 atom stereocenters. The van der Waals surface area contributed by atoms with E-state index in [2.05, 4.69) is 0 Å². The van der Waals surface area contributed by atoms with Crippen molar-refractivity contribution < 1.29 is 9.59 Å². The first-order chi connectivity index (χ1) is 14.6. The molecule has 144 valence electrons. The number of Topliss-reactive ketones (excluding diaryl/α,β-unsaturated/α-hetero) is 2. The van der Waals surface area contributed by atoms with Crippen LogP contribution in [-0.2, 0) is 0 Å². The van der Waals surface area contributed by atoms with Gasteiger partial charge in [0, 0.05) is 17.3 Å². The maximum Gasteiger partial charge on any atom is 0.252 e. The molecule has 0 unspecified atom stereocenters. The summed E-state index contributed by atoms with van der Waals surface area (Å²) in [5.41, 5.74) is 3.59. The third-order valence-corrected chi connectivity index (χ3v) is 5.33. The number of pyridine rings is 1. The molecule has 0 fully saturated rings. The molecular formula is C26H18N2O2. The molecule has 0 amide bonds. The molecule has 4 heteroatoms. The quantitative estimate of drug-likeness (QED) is 0.299. The smallest absolute Gasteiger partial charge is 0.252 e. The van der Waals surface area contributed by atoms with Crippen molar-refractivity contribution in [3.8, 4) is 11.3 Å². The predicted molar refractivity (Wildman–Crippen MR) is 118 cm³/mol. The summed E-state index contributed by atoms with van der Waals surface area (Å²) >= 11 is 0. The summed E-state index contributed by atoms with van der Waals surface area (Å²) in [5, 5.41) is 1.95. The van der Waals surface area contributed by atoms with Crippen LogP contribution in [0.5, 0.6) is 0 Å². The van der Waals surface area contributed by atoms with Gasteiger partial charge in [-0.1, -0.05) is 72.8 Å². The van der Waals surface area contributed by atoms with E-state index in [1.807, 2.05) is 79.7 Å². The van der Waals surface area contributed by atoms with Gasteiger partial charge >= 0.3 is 0 Å². The number of aryl methyl sites for hydroxylation is 1. The predicted octanol–water partition coefficient (Wildman–Crippen LogP) is 5.53. The number of fused-ring (bicyclic) bond motifs is 2. The Hall–Kier alpha value is -4.05. The van der Waals surface area contributed by atoms with E-state index in [0.717, 1.165) is 21.9 Å². The number of aromatic nitrogens is 2. The van der Waals surface area contributed by atoms with Gasteiger partial charge in [-0.3, -0.25) is 14.0 Å². The lowest BCUT2D eigenvalue weighted by Gasteiger charge is -2.06. The van der Waals surface area contributed by atoms with Crippen molar-refractivity contribution in [2.24, 2.45) is 0 Å². The van der Waals surface area contributed by atoms with Crippen LogP contribution in [0, 0.1) is 6.92 Å². The lowest BCUT2D eigenvalue weighted by molar-refractivity contribution is 0.0814. The van der Waals surface area contributed by atoms with Crippen LogP contribution in [0.2, 0.25) is 0 Å². The van der Waals surface area contributed by atoms with E-state index in [9.17, 15) is 9.59 Å². The minimum atomic E-state index is -0.567. The number of imidazole rings is 1. The van der Waals surface area contributed by atoms with Gasteiger partial charge in [0.1, 0.15) is 17.0 Å². The maximum absolute atomic E-state index is 13.5. The maximum atomic E-state index is 13.5. The molecule has 0 saturated heterocycles. The van der Waals surface area contributed by atoms with Crippen molar-refractivity contribution >= 4 is 28.0 Å². The number of benzene rings is 3. The topological polar surface area (TPSA) is 51.4 Å². The summed E-state index contributed by atoms with van der Waals surface area (Å²) in [6.45, 7) is 1.94. The fourth-order valence-electron chi connectivity index (χ4n) is 3.79. The molecule has 5 rings (SSSR count). The molecule has 2 heterocycles. The number of carbonyl (C=O) groups excluding carboxylic acids is 2. The zero-order valence-corrected chi connectivity index (χ0v) is 16.4. The van der Waals surface area contributed by atoms with Crippen LogP contribution in [0.1, 0.15) is 26.4 Å². The van der Waals surface area contributed by atoms with Crippen LogP contribution in [0.3, 0.4) is 0 Å². The molecule has 2 aromatic heterocycles. The van der Waals surface area contributed by atoms with Crippen molar-refractivity contribution in [2.45, 2.75) is 6.92 Å². The Morgan fingerprint density at radius 2 is 1.50 bits per heavy atom. The van der Waals surface area contributed by atoms with Crippen LogP contribution in [0.4, 0.5) is 0 Å². The first kappa shape index (κ1) is 18.0. The lowest BCUT2D eigenvalue weighted by atomic mass is 9.99. The van der Waals surface area contributed by atoms with Crippen molar-refractivity contribution in [1.82, 2.24) is 9.38 Å². The molecule has 0 radical (unpaired) electrons. The summed E-state index contributed by atoms with van der Waals surface area (Å²) in [5.74, 6) is -1.11. The molecule has 3 aromatic carbocycles. The second-order valence-corrected chi connectivity index (χ2v) is 7.28. The highest BCUT2D eigenvalue weighted by molar-refractivity contribution is 6.50. The van der Waals surface area contributed by atoms with Crippen LogP contribution in [0.25, 0.3) is 27.7 Å². The SMILES string of the molecule is Cc1cccn2c(C(=O)C(=O)c3ccc4ccccc4c3)c(-c3ccccc3)nc12. The molecule has 30 heavy (non-hydrogen) atoms. The van der Waals surface area contributed by atoms with Crippen LogP contribution in [0.15, 0.2) is 91.1 Å². The summed E-state index contributed by atoms with van der Waals surface area (Å²) < 4.78 is 1.72. The van der Waals surface area contributed by atoms with Crippen molar-refractivity contribution in [1.29, 1.82) is 0 Å². The highest BCUT2D eigenvalue weighted by Crippen LogP contribution is 2.27. The van der Waals surface area contributed by atoms with E-state index < -0.39 is 11.6 Å². The van der Waals surface area contributed by atoms with Crippen LogP contribution in [-0.4, -0.2) is 21.0 Å². The summed E-state index contributed by atoms with van der Waals surface area (Å²) in [6.07, 6.45) is 1.78. The molecule has 0 aliphatic carbocycles. The highest BCUT2D eigenvalue weighted by Gasteiger charge is 2.27. The molecule has 5 aromatic rings. The van der Waals surface area contributed by atoms with E-state index in [1.54, 1.807) is 22.7 Å². The molecule has 0 saturated carbocycles. The molecule has 0 spiro atoms. The van der Waals surface area contributed by atoms with Crippen LogP contribution >= 0.6 is 0 Å². The first-order valence-corrected chi connectivity index (χ1v) is 9.74. The normalized spacial score (nSPS) is 11.1. The first-order valence-electron chi connectivity index (χ1n) is 9.74. The van der Waals surface area contributed by atoms with Crippen molar-refractivity contribution in [2.75, 3.05) is 0 Å². The summed E-state index contributed by atoms with van der Waals surface area (Å²) in [6, 6.07) is 26.4. The van der Waals surface area contributed by atoms with E-state index in [0.29, 0.717) is 16.9 Å². The van der Waals surface area contributed by atoms with Gasteiger partial charge in [-0.25, -0.2) is 4.98 Å². The van der Waals surface area contributed by atoms with Gasteiger partial charge in [0.15, 0.2) is 0 Å². The van der Waals surface area contributed by atoms with Gasteiger partial charge in [0.25, 0.3) is 5.78 Å². The largest absolute Gasteiger partial charge is 0.296 e. The number of carbonyl (C=O) groups is 2. The van der Waals surface area contributed by atoms with Crippen molar-refractivity contribution in [3.05, 3.63) is 108 Å². The highest BCUT2D eigenvalue weighted by atomic mass is 16.2. The monoisotopic (exact) mass is 390 g/mol. The molecule has 0 aliphatic heterocycles. The number of ketones is 2. The van der Waals surface area contributed by atoms with Gasteiger partial charge in [0.2, 0.25) is 5.78 Å². The third kappa shape index (κ3) is 2.90. The fraction of sp³-hybridized carbons (Fsp3) is 0.0385. The van der Waals surface area contributed by atoms with E-state index in [-0.39, 0.29) is 5.69 Å². The number of hydrogen-bond donors (Lipinski definition) is 0. The van der Waals surface area contributed by atoms with Gasteiger partial charge in [0.05, 0.1) is 0 Å². The Labute approximate surface area is 173 Å². The second kappa shape index (κ2) is 7.08. The minimum Gasteiger partial charge on any atom is -0.296 e. The van der Waals surface area contributed by atoms with Gasteiger partial charge < -0.3 is 0 Å². The van der Waals surface area contributed by atoms with Crippen molar-refractivity contribution in [3.63, 3.8) is 0 Å². The summed E-state index contributed by atoms with van der Waals surface area (Å²) in [7, 11) is 0. The molecule has 4 nitrogen and oxygen atoms in total. The Kier molecular flexibility index (Phi) is 4.25. The second-order valence-electron chi connectivity index (χ2n) is 7.28. The Bertz CT molecular complexity index is 1430. The standard InChI is InChI=1S/C26H18N2O2/c1-17-8-7-15-28-23(22(27-26(17)28)19-10-3-2-4-11-19)25(30)24(29)21-14-13-18-9-5-6-12-20(18)16-21/h2-16H,1H3. The summed E-state index contributed by atoms with van der Waals surface area (Å²) in [4.78, 5) is 31.4. The molecule has 0 aliphatic rings. The van der Waals surface area contributed by atoms with Gasteiger partial charge in [-0.2, -0.15) is 0 Å². The van der Waals surface area contributed by atoms with Gasteiger partial charge in [-0.15, -0.1) is 0 Å². The molecule has 0 N–H and O–H groups in total. The Morgan fingerprint density at radius 1 is 0.767 bits per heavy atom. The molecule has 0 bridgehead atoms. The lowest BCUT2D eigenvalue weighted by Crippen LogP contribution is -2.17. The minimum absolute atomic E-state index is 0.290. The zero-order valence-electron chi connectivity index (χ0n) is 16.4. The average Bonchev–Trinajstić information content (AvgIpc) is 3.19. The van der Waals surface area contributed by atoms with E-state index >= 15 is 0 Å². The number of nitrogens with zero attached hydrogens (tertiary/aromatic N) is 2. The van der Waals surface area contributed by atoms with Crippen LogP contribution < -0.4 is 0 Å². The number of hydrogen-bond acceptors (Lipinski definition) is 3. The third-order valence-electron chi connectivity index (χ3n) is 5.33. The average molecular weight is 390 g/mol. The number of rotatable bonds is 4. The molecular weight excluding hydrogens is 372 g/mol.